The number of hydrogen-bond donors (Lipinski definition) is 0. The Morgan fingerprint density at radius 2 is 2.17 bits per heavy atom. The Labute approximate surface area is 55.2 Å². The first-order chi connectivity index (χ1) is 2.64. The zero-order valence-corrected chi connectivity index (χ0v) is 6.15. The van der Waals surface area contributed by atoms with Crippen LogP contribution in [0.2, 0.25) is 0 Å². The van der Waals surface area contributed by atoms with Gasteiger partial charge in [-0.15, -0.1) is 0 Å². The quantitative estimate of drug-likeness (QED) is 0.371. The molecule has 0 radical (unpaired) electrons. The van der Waals surface area contributed by atoms with Gasteiger partial charge in [-0.25, -0.2) is 0 Å². The van der Waals surface area contributed by atoms with E-state index in [2.05, 4.69) is 0 Å². The molecule has 0 saturated heterocycles. The number of alkyl halides is 1. The summed E-state index contributed by atoms with van der Waals surface area (Å²) in [4.78, 5) is 9.90. The summed E-state index contributed by atoms with van der Waals surface area (Å²) >= 11 is 6.92. The molecular weight excluding hydrogens is 214 g/mol. The minimum Gasteiger partial charge on any atom is -0.280 e. The van der Waals surface area contributed by atoms with Gasteiger partial charge in [-0.05, 0) is 18.5 Å². The third kappa shape index (κ3) is 2.90. The molecule has 0 rings (SSSR count). The largest absolute Gasteiger partial charge is 0.280 e. The Hall–Kier alpha value is 0.690. The molecule has 0 unspecified atom stereocenters. The molecule has 0 aliphatic heterocycles. The second-order valence-corrected chi connectivity index (χ2v) is 3.16. The van der Waals surface area contributed by atoms with Crippen LogP contribution in [0.15, 0.2) is 0 Å². The summed E-state index contributed by atoms with van der Waals surface area (Å²) < 4.78 is -0.0516. The second kappa shape index (κ2) is 2.80. The van der Waals surface area contributed by atoms with Gasteiger partial charge in [0.1, 0.15) is 0 Å². The third-order valence-electron chi connectivity index (χ3n) is 0.313. The molecule has 0 heterocycles. The van der Waals surface area contributed by atoms with Crippen molar-refractivity contribution in [1.29, 1.82) is 0 Å². The van der Waals surface area contributed by atoms with Crippen LogP contribution >= 0.6 is 34.2 Å². The molecule has 3 heteroatoms. The minimum atomic E-state index is -0.282. The Balaban J connectivity index is 3.26. The number of halogens is 2. The predicted octanol–water partition coefficient (Wildman–Crippen LogP) is 1.58. The summed E-state index contributed by atoms with van der Waals surface area (Å²) in [6, 6.07) is 0. The fraction of sp³-hybridized carbons (Fsp3) is 0.667. The first-order valence-corrected chi connectivity index (χ1v) is 3.10. The van der Waals surface area contributed by atoms with E-state index in [9.17, 15) is 4.79 Å². The van der Waals surface area contributed by atoms with Crippen LogP contribution in [0.4, 0.5) is 0 Å². The molecule has 0 aromatic heterocycles. The van der Waals surface area contributed by atoms with Crippen LogP contribution in [0.1, 0.15) is 6.92 Å². The van der Waals surface area contributed by atoms with Gasteiger partial charge < -0.3 is 0 Å². The van der Waals surface area contributed by atoms with Crippen molar-refractivity contribution >= 4 is 39.4 Å². The highest BCUT2D eigenvalue weighted by atomic mass is 127. The van der Waals surface area contributed by atoms with Crippen LogP contribution in [0.5, 0.6) is 0 Å². The van der Waals surface area contributed by atoms with E-state index in [0.29, 0.717) is 0 Å². The SMILES string of the molecule is C[C@@H](I)C(=O)Cl. The van der Waals surface area contributed by atoms with Crippen molar-refractivity contribution < 1.29 is 4.79 Å². The second-order valence-electron chi connectivity index (χ2n) is 0.920. The van der Waals surface area contributed by atoms with Crippen molar-refractivity contribution in [1.82, 2.24) is 0 Å². The minimum absolute atomic E-state index is 0.0516. The molecule has 0 bridgehead atoms. The van der Waals surface area contributed by atoms with E-state index in [4.69, 9.17) is 11.6 Å². The Kier molecular flexibility index (Phi) is 3.12. The number of rotatable bonds is 1. The molecule has 0 aliphatic carbocycles. The lowest BCUT2D eigenvalue weighted by Gasteiger charge is -1.85. The zero-order chi connectivity index (χ0) is 5.15. The van der Waals surface area contributed by atoms with Gasteiger partial charge in [-0.1, -0.05) is 22.6 Å². The molecule has 1 nitrogen and oxygen atoms in total. The van der Waals surface area contributed by atoms with Crippen molar-refractivity contribution in [2.45, 2.75) is 10.8 Å². The van der Waals surface area contributed by atoms with Crippen LogP contribution in [0.25, 0.3) is 0 Å². The summed E-state index contributed by atoms with van der Waals surface area (Å²) in [5, 5.41) is -0.282. The fourth-order valence-electron chi connectivity index (χ4n) is 0. The third-order valence-corrected chi connectivity index (χ3v) is 1.57. The highest BCUT2D eigenvalue weighted by molar-refractivity contribution is 14.1. The highest BCUT2D eigenvalue weighted by Crippen LogP contribution is 2.01. The van der Waals surface area contributed by atoms with Crippen molar-refractivity contribution in [2.75, 3.05) is 0 Å². The number of hydrogen-bond acceptors (Lipinski definition) is 1. The van der Waals surface area contributed by atoms with E-state index in [1.807, 2.05) is 22.6 Å². The summed E-state index contributed by atoms with van der Waals surface area (Å²) in [7, 11) is 0. The Morgan fingerprint density at radius 3 is 2.17 bits per heavy atom. The molecule has 0 spiro atoms. The van der Waals surface area contributed by atoms with E-state index in [1.165, 1.54) is 0 Å². The van der Waals surface area contributed by atoms with Gasteiger partial charge >= 0.3 is 0 Å². The zero-order valence-electron chi connectivity index (χ0n) is 3.24. The Bertz CT molecular complexity index is 61.8. The van der Waals surface area contributed by atoms with Crippen molar-refractivity contribution in [3.05, 3.63) is 0 Å². The highest BCUT2D eigenvalue weighted by Gasteiger charge is 2.00. The molecule has 0 amide bonds. The van der Waals surface area contributed by atoms with Gasteiger partial charge in [0.15, 0.2) is 0 Å². The average molecular weight is 218 g/mol. The smallest absolute Gasteiger partial charge is 0.234 e. The normalized spacial score (nSPS) is 13.8. The van der Waals surface area contributed by atoms with Crippen LogP contribution in [0.3, 0.4) is 0 Å². The van der Waals surface area contributed by atoms with Gasteiger partial charge in [-0.3, -0.25) is 4.79 Å². The molecule has 0 aromatic carbocycles. The van der Waals surface area contributed by atoms with E-state index in [1.54, 1.807) is 6.92 Å². The van der Waals surface area contributed by atoms with Gasteiger partial charge in [0.25, 0.3) is 0 Å². The lowest BCUT2D eigenvalue weighted by atomic mass is 10.6. The summed E-state index contributed by atoms with van der Waals surface area (Å²) in [6.07, 6.45) is 0. The van der Waals surface area contributed by atoms with Gasteiger partial charge in [0.05, 0.1) is 3.92 Å². The first kappa shape index (κ1) is 6.69. The molecule has 0 aliphatic rings. The maximum absolute atomic E-state index is 9.90. The maximum atomic E-state index is 9.90. The van der Waals surface area contributed by atoms with Crippen molar-refractivity contribution in [3.63, 3.8) is 0 Å². The molecule has 0 N–H and O–H groups in total. The van der Waals surface area contributed by atoms with Gasteiger partial charge in [0, 0.05) is 0 Å². The molecular formula is C3H4ClIO. The predicted molar refractivity (Wildman–Crippen MR) is 34.3 cm³/mol. The molecule has 36 valence electrons. The van der Waals surface area contributed by atoms with Crippen LogP contribution < -0.4 is 0 Å². The van der Waals surface area contributed by atoms with Crippen molar-refractivity contribution in [2.24, 2.45) is 0 Å². The Morgan fingerprint density at radius 1 is 2.00 bits per heavy atom. The molecule has 1 atom stereocenters. The fourth-order valence-corrected chi connectivity index (χ4v) is 0. The van der Waals surface area contributed by atoms with Crippen molar-refractivity contribution in [3.8, 4) is 0 Å². The maximum Gasteiger partial charge on any atom is 0.234 e. The molecule has 0 saturated carbocycles. The van der Waals surface area contributed by atoms with E-state index in [-0.39, 0.29) is 9.17 Å². The average Bonchev–Trinajstić information content (AvgIpc) is 1.36. The summed E-state index contributed by atoms with van der Waals surface area (Å²) in [5.41, 5.74) is 0. The molecule has 0 fully saturated rings. The van der Waals surface area contributed by atoms with E-state index >= 15 is 0 Å². The van der Waals surface area contributed by atoms with E-state index in [0.717, 1.165) is 0 Å². The van der Waals surface area contributed by atoms with Crippen LogP contribution in [-0.2, 0) is 4.79 Å². The molecule has 6 heavy (non-hydrogen) atoms. The summed E-state index contributed by atoms with van der Waals surface area (Å²) in [6.45, 7) is 1.75. The summed E-state index contributed by atoms with van der Waals surface area (Å²) in [5.74, 6) is 0. The lowest BCUT2D eigenvalue weighted by Crippen LogP contribution is -1.98. The number of carbonyl (C=O) groups is 1. The molecule has 0 aromatic rings. The number of carbonyl (C=O) groups excluding carboxylic acids is 1. The lowest BCUT2D eigenvalue weighted by molar-refractivity contribution is -0.110. The van der Waals surface area contributed by atoms with E-state index < -0.39 is 0 Å². The standard InChI is InChI=1S/C3H4ClIO/c1-2(5)3(4)6/h2H,1H3/t2-/m1/s1. The van der Waals surface area contributed by atoms with Gasteiger partial charge in [-0.2, -0.15) is 0 Å². The monoisotopic (exact) mass is 218 g/mol. The van der Waals surface area contributed by atoms with Gasteiger partial charge in [0.2, 0.25) is 5.24 Å². The van der Waals surface area contributed by atoms with Crippen LogP contribution in [0, 0.1) is 0 Å². The first-order valence-electron chi connectivity index (χ1n) is 1.48. The topological polar surface area (TPSA) is 17.1 Å². The van der Waals surface area contributed by atoms with Crippen LogP contribution in [-0.4, -0.2) is 9.17 Å².